The Morgan fingerprint density at radius 1 is 1.50 bits per heavy atom. The van der Waals surface area contributed by atoms with Crippen LogP contribution in [0.2, 0.25) is 0 Å². The van der Waals surface area contributed by atoms with Gasteiger partial charge in [0.2, 0.25) is 5.89 Å². The fraction of sp³-hybridized carbons (Fsp3) is 0. The van der Waals surface area contributed by atoms with E-state index in [0.29, 0.717) is 10.0 Å². The number of hydrogen-bond acceptors (Lipinski definition) is 3. The second-order valence-electron chi connectivity index (χ2n) is 2.54. The third-order valence-electron chi connectivity index (χ3n) is 1.60. The fourth-order valence-corrected chi connectivity index (χ4v) is 1.53. The van der Waals surface area contributed by atoms with Crippen LogP contribution in [-0.2, 0) is 0 Å². The van der Waals surface area contributed by atoms with Gasteiger partial charge in [0.05, 0.1) is 5.56 Å². The predicted octanol–water partition coefficient (Wildman–Crippen LogP) is 1.93. The molecule has 14 heavy (non-hydrogen) atoms. The summed E-state index contributed by atoms with van der Waals surface area (Å²) in [7, 11) is 0. The van der Waals surface area contributed by atoms with E-state index in [1.807, 2.05) is 0 Å². The Bertz CT molecular complexity index is 520. The van der Waals surface area contributed by atoms with Gasteiger partial charge in [0.1, 0.15) is 5.82 Å². The van der Waals surface area contributed by atoms with E-state index in [9.17, 15) is 9.18 Å². The zero-order valence-corrected chi connectivity index (χ0v) is 8.34. The van der Waals surface area contributed by atoms with Crippen LogP contribution in [0.3, 0.4) is 0 Å². The van der Waals surface area contributed by atoms with Crippen LogP contribution in [-0.4, -0.2) is 10.2 Å². The summed E-state index contributed by atoms with van der Waals surface area (Å²) < 4.78 is 17.9. The van der Waals surface area contributed by atoms with Gasteiger partial charge >= 0.3 is 5.76 Å². The molecule has 6 heteroatoms. The van der Waals surface area contributed by atoms with Crippen LogP contribution in [0.5, 0.6) is 0 Å². The molecular formula is C8H4BrFN2O2. The molecule has 4 nitrogen and oxygen atoms in total. The molecule has 1 aromatic carbocycles. The summed E-state index contributed by atoms with van der Waals surface area (Å²) >= 11 is 3.14. The molecule has 0 amide bonds. The lowest BCUT2D eigenvalue weighted by atomic mass is 10.2. The van der Waals surface area contributed by atoms with E-state index < -0.39 is 5.76 Å². The van der Waals surface area contributed by atoms with Crippen molar-refractivity contribution in [1.29, 1.82) is 0 Å². The van der Waals surface area contributed by atoms with Gasteiger partial charge in [0.25, 0.3) is 0 Å². The molecule has 0 aliphatic rings. The largest absolute Gasteiger partial charge is 0.434 e. The third kappa shape index (κ3) is 1.60. The lowest BCUT2D eigenvalue weighted by molar-refractivity contribution is 0.526. The minimum Gasteiger partial charge on any atom is -0.388 e. The maximum absolute atomic E-state index is 12.7. The normalized spacial score (nSPS) is 10.4. The first-order valence-corrected chi connectivity index (χ1v) is 4.47. The van der Waals surface area contributed by atoms with Gasteiger partial charge in [0, 0.05) is 4.47 Å². The Hall–Kier alpha value is -1.43. The van der Waals surface area contributed by atoms with Gasteiger partial charge in [-0.25, -0.2) is 14.3 Å². The van der Waals surface area contributed by atoms with E-state index >= 15 is 0 Å². The number of nitrogens with zero attached hydrogens (tertiary/aromatic N) is 1. The highest BCUT2D eigenvalue weighted by Gasteiger charge is 2.09. The summed E-state index contributed by atoms with van der Waals surface area (Å²) in [6.07, 6.45) is 0. The molecule has 0 spiro atoms. The zero-order valence-electron chi connectivity index (χ0n) is 6.75. The van der Waals surface area contributed by atoms with Gasteiger partial charge in [-0.1, -0.05) is 0 Å². The number of H-pyrrole nitrogens is 1. The molecule has 1 heterocycles. The quantitative estimate of drug-likeness (QED) is 0.851. The summed E-state index contributed by atoms with van der Waals surface area (Å²) in [5.41, 5.74) is 0.518. The molecule has 1 N–H and O–H groups in total. The minimum absolute atomic E-state index is 0.127. The minimum atomic E-state index is -0.642. The van der Waals surface area contributed by atoms with Crippen molar-refractivity contribution in [2.24, 2.45) is 0 Å². The fourth-order valence-electron chi connectivity index (χ4n) is 1.01. The third-order valence-corrected chi connectivity index (χ3v) is 2.26. The van der Waals surface area contributed by atoms with Crippen LogP contribution in [0.4, 0.5) is 4.39 Å². The van der Waals surface area contributed by atoms with Gasteiger partial charge in [-0.3, -0.25) is 0 Å². The number of benzene rings is 1. The first-order valence-electron chi connectivity index (χ1n) is 3.68. The van der Waals surface area contributed by atoms with Crippen molar-refractivity contribution in [2.75, 3.05) is 0 Å². The Morgan fingerprint density at radius 3 is 2.86 bits per heavy atom. The Balaban J connectivity index is 2.57. The standard InChI is InChI=1S/C8H4BrFN2O2/c9-6-3-4(10)1-2-5(6)7-11-12-8(13)14-7/h1-3H,(H,12,13). The maximum atomic E-state index is 12.7. The average molecular weight is 259 g/mol. The highest BCUT2D eigenvalue weighted by molar-refractivity contribution is 9.10. The average Bonchev–Trinajstić information content (AvgIpc) is 2.51. The van der Waals surface area contributed by atoms with E-state index in [0.717, 1.165) is 0 Å². The van der Waals surface area contributed by atoms with Crippen molar-refractivity contribution in [3.05, 3.63) is 39.0 Å². The van der Waals surface area contributed by atoms with Gasteiger partial charge < -0.3 is 4.42 Å². The molecule has 0 bridgehead atoms. The van der Waals surface area contributed by atoms with E-state index in [4.69, 9.17) is 4.42 Å². The van der Waals surface area contributed by atoms with Gasteiger partial charge in [-0.2, -0.15) is 0 Å². The van der Waals surface area contributed by atoms with Crippen molar-refractivity contribution in [2.45, 2.75) is 0 Å². The first-order chi connectivity index (χ1) is 6.66. The topological polar surface area (TPSA) is 58.9 Å². The molecule has 72 valence electrons. The molecule has 1 aromatic heterocycles. The highest BCUT2D eigenvalue weighted by atomic mass is 79.9. The van der Waals surface area contributed by atoms with Crippen LogP contribution in [0.15, 0.2) is 31.9 Å². The molecule has 0 aliphatic heterocycles. The summed E-state index contributed by atoms with van der Waals surface area (Å²) in [6.45, 7) is 0. The smallest absolute Gasteiger partial charge is 0.388 e. The van der Waals surface area contributed by atoms with Gasteiger partial charge in [0.15, 0.2) is 0 Å². The Labute approximate surface area is 85.9 Å². The SMILES string of the molecule is O=c1[nH]nc(-c2ccc(F)cc2Br)o1. The summed E-state index contributed by atoms with van der Waals surface area (Å²) in [5.74, 6) is -0.892. The molecule has 2 aromatic rings. The Morgan fingerprint density at radius 2 is 2.29 bits per heavy atom. The lowest BCUT2D eigenvalue weighted by Crippen LogP contribution is -1.93. The molecule has 0 atom stereocenters. The molecule has 0 fully saturated rings. The van der Waals surface area contributed by atoms with E-state index in [2.05, 4.69) is 26.1 Å². The van der Waals surface area contributed by atoms with E-state index in [1.54, 1.807) is 0 Å². The molecule has 0 unspecified atom stereocenters. The van der Waals surface area contributed by atoms with Crippen molar-refractivity contribution < 1.29 is 8.81 Å². The van der Waals surface area contributed by atoms with Crippen molar-refractivity contribution in [3.63, 3.8) is 0 Å². The van der Waals surface area contributed by atoms with Crippen LogP contribution < -0.4 is 5.76 Å². The van der Waals surface area contributed by atoms with E-state index in [-0.39, 0.29) is 11.7 Å². The summed E-state index contributed by atoms with van der Waals surface area (Å²) in [4.78, 5) is 10.7. The number of hydrogen-bond donors (Lipinski definition) is 1. The van der Waals surface area contributed by atoms with Crippen LogP contribution >= 0.6 is 15.9 Å². The molecule has 0 aliphatic carbocycles. The summed E-state index contributed by atoms with van der Waals surface area (Å²) in [5, 5.41) is 5.74. The second-order valence-corrected chi connectivity index (χ2v) is 3.40. The van der Waals surface area contributed by atoms with Gasteiger partial charge in [-0.05, 0) is 34.1 Å². The lowest BCUT2D eigenvalue weighted by Gasteiger charge is -1.97. The van der Waals surface area contributed by atoms with Gasteiger partial charge in [-0.15, -0.1) is 5.10 Å². The van der Waals surface area contributed by atoms with Crippen LogP contribution in [0, 0.1) is 5.82 Å². The molecule has 0 saturated heterocycles. The summed E-state index contributed by atoms with van der Waals surface area (Å²) in [6, 6.07) is 4.00. The molecule has 2 rings (SSSR count). The predicted molar refractivity (Wildman–Crippen MR) is 50.2 cm³/mol. The molecule has 0 saturated carbocycles. The highest BCUT2D eigenvalue weighted by Crippen LogP contribution is 2.26. The number of aromatic nitrogens is 2. The molecule has 0 radical (unpaired) electrons. The van der Waals surface area contributed by atoms with E-state index in [1.165, 1.54) is 18.2 Å². The van der Waals surface area contributed by atoms with Crippen molar-refractivity contribution in [1.82, 2.24) is 10.2 Å². The molecular weight excluding hydrogens is 255 g/mol. The number of halogens is 2. The first kappa shape index (κ1) is 9.14. The second kappa shape index (κ2) is 3.38. The monoisotopic (exact) mass is 258 g/mol. The van der Waals surface area contributed by atoms with Crippen LogP contribution in [0.25, 0.3) is 11.5 Å². The van der Waals surface area contributed by atoms with Crippen molar-refractivity contribution in [3.8, 4) is 11.5 Å². The zero-order chi connectivity index (χ0) is 10.1. The maximum Gasteiger partial charge on any atom is 0.434 e. The Kier molecular flexibility index (Phi) is 2.20. The number of aromatic amines is 1. The number of rotatable bonds is 1. The van der Waals surface area contributed by atoms with Crippen LogP contribution in [0.1, 0.15) is 0 Å². The number of nitrogens with one attached hydrogen (secondary N) is 1. The van der Waals surface area contributed by atoms with Crippen molar-refractivity contribution >= 4 is 15.9 Å².